The van der Waals surface area contributed by atoms with Crippen molar-refractivity contribution < 1.29 is 19.1 Å². The Morgan fingerprint density at radius 3 is 2.42 bits per heavy atom. The second-order valence-corrected chi connectivity index (χ2v) is 18.2. The molecule has 1 atom stereocenters. The van der Waals surface area contributed by atoms with Gasteiger partial charge in [0.05, 0.1) is 11.7 Å². The summed E-state index contributed by atoms with van der Waals surface area (Å²) in [6.45, 7) is 14.3. The average Bonchev–Trinajstić information content (AvgIpc) is 3.52. The summed E-state index contributed by atoms with van der Waals surface area (Å²) in [4.78, 5) is 32.8. The minimum Gasteiger partial charge on any atom is -0.444 e. The lowest BCUT2D eigenvalue weighted by Crippen LogP contribution is -2.37. The predicted octanol–water partition coefficient (Wildman–Crippen LogP) is 6.75. The number of carbonyl (C=O) groups is 2. The minimum absolute atomic E-state index is 0.120. The Morgan fingerprint density at radius 2 is 1.77 bits per heavy atom. The van der Waals surface area contributed by atoms with Crippen LogP contribution in [0.15, 0.2) is 54.7 Å². The topological polar surface area (TPSA) is 99.7 Å². The Balaban J connectivity index is 1.60. The van der Waals surface area contributed by atoms with E-state index in [9.17, 15) is 9.59 Å². The number of hydrogen-bond donors (Lipinski definition) is 1. The van der Waals surface area contributed by atoms with E-state index < -0.39 is 13.7 Å². The van der Waals surface area contributed by atoms with E-state index in [-0.39, 0.29) is 17.9 Å². The van der Waals surface area contributed by atoms with Gasteiger partial charge in [-0.15, -0.1) is 0 Å². The first-order valence-corrected chi connectivity index (χ1v) is 17.7. The maximum atomic E-state index is 13.0. The molecule has 0 radical (unpaired) electrons. The van der Waals surface area contributed by atoms with Gasteiger partial charge in [-0.1, -0.05) is 56.0 Å². The lowest BCUT2D eigenvalue weighted by atomic mass is 10.0. The van der Waals surface area contributed by atoms with Crippen molar-refractivity contribution in [2.45, 2.75) is 77.7 Å². The number of ketones is 1. The number of amides is 1. The standard InChI is InChI=1S/C31H42N4O4Si/c1-31(2,3)39-30(37)35-17-9-12-27(35)29-33-26(20-34(29)21-38-18-19-40(4,5)6)22-13-15-23(16-14-22)28(36)24-10-7-8-11-25(24)32/h7-8,10-11,13-16,20,27H,9,12,17-19,21,32H2,1-6H3/t27-/m0/s1. The zero-order valence-corrected chi connectivity index (χ0v) is 25.6. The van der Waals surface area contributed by atoms with Crippen LogP contribution in [0.1, 0.15) is 61.4 Å². The molecule has 9 heteroatoms. The van der Waals surface area contributed by atoms with Crippen LogP contribution >= 0.6 is 0 Å². The third kappa shape index (κ3) is 7.40. The molecule has 1 amide bonds. The molecule has 2 heterocycles. The van der Waals surface area contributed by atoms with E-state index in [2.05, 4.69) is 19.6 Å². The first kappa shape index (κ1) is 29.5. The van der Waals surface area contributed by atoms with Gasteiger partial charge in [-0.3, -0.25) is 9.69 Å². The number of imidazole rings is 1. The van der Waals surface area contributed by atoms with Gasteiger partial charge >= 0.3 is 6.09 Å². The molecule has 40 heavy (non-hydrogen) atoms. The van der Waals surface area contributed by atoms with Gasteiger partial charge in [0, 0.05) is 49.8 Å². The van der Waals surface area contributed by atoms with Crippen LogP contribution in [0.3, 0.4) is 0 Å². The Morgan fingerprint density at radius 1 is 1.07 bits per heavy atom. The van der Waals surface area contributed by atoms with Gasteiger partial charge in [-0.05, 0) is 51.8 Å². The van der Waals surface area contributed by atoms with E-state index in [0.717, 1.165) is 36.0 Å². The molecular formula is C31H42N4O4Si. The van der Waals surface area contributed by atoms with Crippen molar-refractivity contribution in [2.75, 3.05) is 18.9 Å². The SMILES string of the molecule is CC(C)(C)OC(=O)N1CCC[C@H]1c1nc(-c2ccc(C(=O)c3ccccc3N)cc2)cn1COCC[Si](C)(C)C. The van der Waals surface area contributed by atoms with Crippen molar-refractivity contribution in [1.29, 1.82) is 0 Å². The third-order valence-electron chi connectivity index (χ3n) is 6.86. The molecule has 2 aromatic carbocycles. The Hall–Kier alpha value is -3.43. The van der Waals surface area contributed by atoms with Crippen molar-refractivity contribution in [3.8, 4) is 11.3 Å². The van der Waals surface area contributed by atoms with Crippen molar-refractivity contribution in [3.63, 3.8) is 0 Å². The Labute approximate surface area is 238 Å². The highest BCUT2D eigenvalue weighted by Gasteiger charge is 2.36. The smallest absolute Gasteiger partial charge is 0.410 e. The molecule has 1 aliphatic heterocycles. The Bertz CT molecular complexity index is 1340. The zero-order chi connectivity index (χ0) is 29.1. The number of nitrogen functional groups attached to an aromatic ring is 1. The average molecular weight is 563 g/mol. The maximum Gasteiger partial charge on any atom is 0.410 e. The number of aromatic nitrogens is 2. The van der Waals surface area contributed by atoms with Gasteiger partial charge in [-0.2, -0.15) is 0 Å². The largest absolute Gasteiger partial charge is 0.444 e. The molecule has 4 rings (SSSR count). The van der Waals surface area contributed by atoms with Crippen LogP contribution in [-0.4, -0.2) is 53.2 Å². The van der Waals surface area contributed by atoms with Crippen molar-refractivity contribution in [3.05, 3.63) is 71.7 Å². The molecule has 2 N–H and O–H groups in total. The number of rotatable bonds is 9. The highest BCUT2D eigenvalue weighted by molar-refractivity contribution is 6.76. The fourth-order valence-electron chi connectivity index (χ4n) is 4.71. The van der Waals surface area contributed by atoms with Crippen LogP contribution in [-0.2, 0) is 16.2 Å². The second-order valence-electron chi connectivity index (χ2n) is 12.6. The number of hydrogen-bond acceptors (Lipinski definition) is 6. The van der Waals surface area contributed by atoms with Crippen LogP contribution in [0, 0.1) is 0 Å². The van der Waals surface area contributed by atoms with Crippen molar-refractivity contribution in [1.82, 2.24) is 14.5 Å². The summed E-state index contributed by atoms with van der Waals surface area (Å²) in [5, 5.41) is 0. The van der Waals surface area contributed by atoms with Crippen molar-refractivity contribution in [2.24, 2.45) is 0 Å². The summed E-state index contributed by atoms with van der Waals surface area (Å²) >= 11 is 0. The van der Waals surface area contributed by atoms with Gasteiger partial charge in [0.2, 0.25) is 0 Å². The summed E-state index contributed by atoms with van der Waals surface area (Å²) in [6, 6.07) is 15.3. The molecule has 1 aliphatic rings. The maximum absolute atomic E-state index is 13.0. The summed E-state index contributed by atoms with van der Waals surface area (Å²) < 4.78 is 13.8. The van der Waals surface area contributed by atoms with Gasteiger partial charge in [-0.25, -0.2) is 9.78 Å². The first-order valence-electron chi connectivity index (χ1n) is 14.0. The molecule has 0 bridgehead atoms. The predicted molar refractivity (Wildman–Crippen MR) is 161 cm³/mol. The third-order valence-corrected chi connectivity index (χ3v) is 8.57. The molecule has 3 aromatic rings. The Kier molecular flexibility index (Phi) is 8.85. The highest BCUT2D eigenvalue weighted by Crippen LogP contribution is 2.34. The van der Waals surface area contributed by atoms with Gasteiger partial charge < -0.3 is 19.8 Å². The number of benzene rings is 2. The molecule has 0 unspecified atom stereocenters. The van der Waals surface area contributed by atoms with Gasteiger partial charge in [0.15, 0.2) is 5.78 Å². The van der Waals surface area contributed by atoms with Crippen LogP contribution < -0.4 is 5.73 Å². The van der Waals surface area contributed by atoms with E-state index in [1.54, 1.807) is 29.2 Å². The monoisotopic (exact) mass is 562 g/mol. The molecule has 0 saturated carbocycles. The molecule has 0 spiro atoms. The molecule has 0 aliphatic carbocycles. The fraction of sp³-hybridized carbons (Fsp3) is 0.452. The fourth-order valence-corrected chi connectivity index (χ4v) is 5.46. The highest BCUT2D eigenvalue weighted by atomic mass is 28.3. The van der Waals surface area contributed by atoms with Gasteiger partial charge in [0.1, 0.15) is 18.2 Å². The first-order chi connectivity index (χ1) is 18.8. The molecule has 8 nitrogen and oxygen atoms in total. The number of anilines is 1. The van der Waals surface area contributed by atoms with Crippen LogP contribution in [0.5, 0.6) is 0 Å². The summed E-state index contributed by atoms with van der Waals surface area (Å²) in [6.07, 6.45) is 3.33. The number of ether oxygens (including phenoxy) is 2. The minimum atomic E-state index is -1.23. The molecule has 214 valence electrons. The normalized spacial score (nSPS) is 15.8. The number of carbonyl (C=O) groups excluding carboxylic acids is 2. The van der Waals surface area contributed by atoms with Crippen LogP contribution in [0.25, 0.3) is 11.3 Å². The number of para-hydroxylation sites is 1. The van der Waals surface area contributed by atoms with E-state index in [4.69, 9.17) is 20.2 Å². The lowest BCUT2D eigenvalue weighted by molar-refractivity contribution is 0.0204. The van der Waals surface area contributed by atoms with E-state index >= 15 is 0 Å². The number of likely N-dealkylation sites (tertiary alicyclic amines) is 1. The summed E-state index contributed by atoms with van der Waals surface area (Å²) in [7, 11) is -1.23. The van der Waals surface area contributed by atoms with E-state index in [1.165, 1.54) is 0 Å². The zero-order valence-electron chi connectivity index (χ0n) is 24.6. The number of nitrogens with two attached hydrogens (primary N) is 1. The van der Waals surface area contributed by atoms with E-state index in [0.29, 0.717) is 36.7 Å². The molecule has 1 aromatic heterocycles. The van der Waals surface area contributed by atoms with Gasteiger partial charge in [0.25, 0.3) is 0 Å². The lowest BCUT2D eigenvalue weighted by Gasteiger charge is -2.28. The quantitative estimate of drug-likeness (QED) is 0.134. The van der Waals surface area contributed by atoms with Crippen LogP contribution in [0.4, 0.5) is 10.5 Å². The summed E-state index contributed by atoms with van der Waals surface area (Å²) in [5.74, 6) is 0.661. The molecular weight excluding hydrogens is 520 g/mol. The molecule has 1 fully saturated rings. The molecule has 1 saturated heterocycles. The van der Waals surface area contributed by atoms with E-state index in [1.807, 2.05) is 55.8 Å². The van der Waals surface area contributed by atoms with Crippen LogP contribution in [0.2, 0.25) is 25.7 Å². The second kappa shape index (κ2) is 12.0. The van der Waals surface area contributed by atoms with Crippen molar-refractivity contribution >= 4 is 25.6 Å². The number of nitrogens with zero attached hydrogens (tertiary/aromatic N) is 3. The summed E-state index contributed by atoms with van der Waals surface area (Å²) in [5.41, 5.74) is 8.59.